The summed E-state index contributed by atoms with van der Waals surface area (Å²) in [5.74, 6) is 3.74. The normalized spacial score (nSPS) is 7.82. The van der Waals surface area contributed by atoms with Crippen LogP contribution in [0.15, 0.2) is 0 Å². The third-order valence-electron chi connectivity index (χ3n) is 0.875. The molecular formula is C8H10O3. The van der Waals surface area contributed by atoms with Gasteiger partial charge in [0.25, 0.3) is 0 Å². The van der Waals surface area contributed by atoms with Crippen molar-refractivity contribution in [2.45, 2.75) is 20.3 Å². The summed E-state index contributed by atoms with van der Waals surface area (Å²) in [7, 11) is 0. The SMILES string of the molecule is CC#CC(=O)CC(=O)OCC. The summed E-state index contributed by atoms with van der Waals surface area (Å²) in [5.41, 5.74) is 0. The fraction of sp³-hybridized carbons (Fsp3) is 0.500. The van der Waals surface area contributed by atoms with E-state index in [-0.39, 0.29) is 6.42 Å². The average Bonchev–Trinajstić information content (AvgIpc) is 1.87. The number of Topliss-reactive ketones (excluding diaryl/α,β-unsaturated/α-hetero) is 1. The summed E-state index contributed by atoms with van der Waals surface area (Å²) in [4.78, 5) is 21.3. The fourth-order valence-corrected chi connectivity index (χ4v) is 0.527. The molecule has 0 rings (SSSR count). The minimum atomic E-state index is -0.514. The summed E-state index contributed by atoms with van der Waals surface area (Å²) < 4.78 is 4.53. The third kappa shape index (κ3) is 5.16. The number of carbonyl (C=O) groups is 2. The second kappa shape index (κ2) is 5.48. The highest BCUT2D eigenvalue weighted by atomic mass is 16.5. The molecule has 0 aromatic heterocycles. The molecule has 3 heteroatoms. The van der Waals surface area contributed by atoms with Crippen LogP contribution in [0, 0.1) is 11.8 Å². The molecule has 0 aromatic carbocycles. The van der Waals surface area contributed by atoms with Gasteiger partial charge >= 0.3 is 5.97 Å². The Kier molecular flexibility index (Phi) is 4.83. The van der Waals surface area contributed by atoms with Gasteiger partial charge in [0.05, 0.1) is 6.61 Å². The van der Waals surface area contributed by atoms with Gasteiger partial charge in [0.15, 0.2) is 0 Å². The lowest BCUT2D eigenvalue weighted by Crippen LogP contribution is -2.09. The zero-order valence-electron chi connectivity index (χ0n) is 6.64. The molecule has 0 aliphatic heterocycles. The Labute approximate surface area is 65.7 Å². The van der Waals surface area contributed by atoms with Gasteiger partial charge < -0.3 is 4.74 Å². The Morgan fingerprint density at radius 1 is 1.45 bits per heavy atom. The average molecular weight is 154 g/mol. The van der Waals surface area contributed by atoms with Crippen LogP contribution >= 0.6 is 0 Å². The number of hydrogen-bond donors (Lipinski definition) is 0. The highest BCUT2D eigenvalue weighted by molar-refractivity contribution is 6.05. The molecule has 3 nitrogen and oxygen atoms in total. The minimum Gasteiger partial charge on any atom is -0.466 e. The van der Waals surface area contributed by atoms with E-state index in [1.807, 2.05) is 0 Å². The number of ketones is 1. The predicted octanol–water partition coefficient (Wildman–Crippen LogP) is 0.532. The van der Waals surface area contributed by atoms with Crippen molar-refractivity contribution in [1.82, 2.24) is 0 Å². The summed E-state index contributed by atoms with van der Waals surface area (Å²) in [6, 6.07) is 0. The van der Waals surface area contributed by atoms with Crippen LogP contribution in [0.2, 0.25) is 0 Å². The Balaban J connectivity index is 3.73. The third-order valence-corrected chi connectivity index (χ3v) is 0.875. The Morgan fingerprint density at radius 3 is 2.55 bits per heavy atom. The van der Waals surface area contributed by atoms with Gasteiger partial charge in [0.2, 0.25) is 5.78 Å². The summed E-state index contributed by atoms with van der Waals surface area (Å²) >= 11 is 0. The summed E-state index contributed by atoms with van der Waals surface area (Å²) in [6.07, 6.45) is -0.241. The molecule has 0 fully saturated rings. The van der Waals surface area contributed by atoms with Crippen LogP contribution in [-0.2, 0) is 14.3 Å². The Hall–Kier alpha value is -1.30. The molecule has 0 bridgehead atoms. The molecule has 0 heterocycles. The monoisotopic (exact) mass is 154 g/mol. The van der Waals surface area contributed by atoms with Gasteiger partial charge in [0, 0.05) is 0 Å². The zero-order valence-corrected chi connectivity index (χ0v) is 6.64. The summed E-state index contributed by atoms with van der Waals surface area (Å²) in [6.45, 7) is 3.53. The van der Waals surface area contributed by atoms with Gasteiger partial charge in [-0.2, -0.15) is 0 Å². The molecule has 0 unspecified atom stereocenters. The number of esters is 1. The van der Waals surface area contributed by atoms with Crippen molar-refractivity contribution in [2.75, 3.05) is 6.61 Å². The topological polar surface area (TPSA) is 43.4 Å². The van der Waals surface area contributed by atoms with E-state index >= 15 is 0 Å². The molecule has 0 aliphatic carbocycles. The first-order chi connectivity index (χ1) is 5.20. The first-order valence-electron chi connectivity index (χ1n) is 3.32. The standard InChI is InChI=1S/C8H10O3/c1-3-5-7(9)6-8(10)11-4-2/h4,6H2,1-2H3. The van der Waals surface area contributed by atoms with Crippen molar-refractivity contribution in [1.29, 1.82) is 0 Å². The second-order valence-corrected chi connectivity index (χ2v) is 1.78. The van der Waals surface area contributed by atoms with Crippen LogP contribution in [0.1, 0.15) is 20.3 Å². The van der Waals surface area contributed by atoms with Gasteiger partial charge in [-0.15, -0.1) is 0 Å². The fourth-order valence-electron chi connectivity index (χ4n) is 0.527. The molecule has 60 valence electrons. The van der Waals surface area contributed by atoms with E-state index in [2.05, 4.69) is 16.6 Å². The second-order valence-electron chi connectivity index (χ2n) is 1.78. The van der Waals surface area contributed by atoms with Crippen molar-refractivity contribution in [2.24, 2.45) is 0 Å². The molecule has 0 N–H and O–H groups in total. The van der Waals surface area contributed by atoms with Gasteiger partial charge in [0.1, 0.15) is 6.42 Å². The molecule has 11 heavy (non-hydrogen) atoms. The number of rotatable bonds is 3. The van der Waals surface area contributed by atoms with E-state index in [1.165, 1.54) is 0 Å². The maximum atomic E-state index is 10.7. The van der Waals surface area contributed by atoms with Crippen LogP contribution in [-0.4, -0.2) is 18.4 Å². The minimum absolute atomic E-state index is 0.241. The van der Waals surface area contributed by atoms with E-state index in [4.69, 9.17) is 0 Å². The van der Waals surface area contributed by atoms with Crippen molar-refractivity contribution < 1.29 is 14.3 Å². The van der Waals surface area contributed by atoms with E-state index in [0.717, 1.165) is 0 Å². The Morgan fingerprint density at radius 2 is 2.09 bits per heavy atom. The van der Waals surface area contributed by atoms with Gasteiger partial charge in [-0.25, -0.2) is 0 Å². The van der Waals surface area contributed by atoms with Gasteiger partial charge in [-0.3, -0.25) is 9.59 Å². The molecule has 0 radical (unpaired) electrons. The smallest absolute Gasteiger partial charge is 0.314 e. The Bertz CT molecular complexity index is 207. The van der Waals surface area contributed by atoms with Crippen LogP contribution in [0.5, 0.6) is 0 Å². The lowest BCUT2D eigenvalue weighted by atomic mass is 10.3. The molecule has 0 aliphatic rings. The molecule has 0 saturated heterocycles. The van der Waals surface area contributed by atoms with E-state index < -0.39 is 11.8 Å². The van der Waals surface area contributed by atoms with Crippen molar-refractivity contribution >= 4 is 11.8 Å². The number of carbonyl (C=O) groups excluding carboxylic acids is 2. The van der Waals surface area contributed by atoms with Gasteiger partial charge in [-0.05, 0) is 19.8 Å². The molecule has 0 amide bonds. The van der Waals surface area contributed by atoms with E-state index in [9.17, 15) is 9.59 Å². The van der Waals surface area contributed by atoms with Crippen LogP contribution < -0.4 is 0 Å². The lowest BCUT2D eigenvalue weighted by Gasteiger charge is -1.95. The molecule has 0 atom stereocenters. The number of hydrogen-bond acceptors (Lipinski definition) is 3. The van der Waals surface area contributed by atoms with Crippen molar-refractivity contribution in [3.05, 3.63) is 0 Å². The zero-order chi connectivity index (χ0) is 8.69. The van der Waals surface area contributed by atoms with Crippen LogP contribution in [0.25, 0.3) is 0 Å². The molecular weight excluding hydrogens is 144 g/mol. The molecule has 0 saturated carbocycles. The van der Waals surface area contributed by atoms with Crippen LogP contribution in [0.3, 0.4) is 0 Å². The lowest BCUT2D eigenvalue weighted by molar-refractivity contribution is -0.144. The van der Waals surface area contributed by atoms with E-state index in [1.54, 1.807) is 13.8 Å². The maximum absolute atomic E-state index is 10.7. The van der Waals surface area contributed by atoms with Crippen molar-refractivity contribution in [3.63, 3.8) is 0 Å². The quantitative estimate of drug-likeness (QED) is 0.258. The maximum Gasteiger partial charge on any atom is 0.314 e. The predicted molar refractivity (Wildman–Crippen MR) is 39.7 cm³/mol. The highest BCUT2D eigenvalue weighted by Crippen LogP contribution is 1.86. The largest absolute Gasteiger partial charge is 0.466 e. The number of ether oxygens (including phenoxy) is 1. The molecule has 0 aromatic rings. The van der Waals surface area contributed by atoms with E-state index in [0.29, 0.717) is 6.61 Å². The first-order valence-corrected chi connectivity index (χ1v) is 3.32. The van der Waals surface area contributed by atoms with Crippen molar-refractivity contribution in [3.8, 4) is 11.8 Å². The first kappa shape index (κ1) is 9.70. The van der Waals surface area contributed by atoms with Crippen LogP contribution in [0.4, 0.5) is 0 Å². The highest BCUT2D eigenvalue weighted by Gasteiger charge is 2.06. The van der Waals surface area contributed by atoms with Gasteiger partial charge in [-0.1, -0.05) is 5.92 Å². The molecule has 0 spiro atoms. The summed E-state index contributed by atoms with van der Waals surface area (Å²) in [5, 5.41) is 0.